The summed E-state index contributed by atoms with van der Waals surface area (Å²) in [5.41, 5.74) is 0.414. The zero-order valence-corrected chi connectivity index (χ0v) is 17.9. The van der Waals surface area contributed by atoms with Gasteiger partial charge in [0.2, 0.25) is 0 Å². The Morgan fingerprint density at radius 1 is 0.969 bits per heavy atom. The topological polar surface area (TPSA) is 167 Å². The number of azo groups is 1. The summed E-state index contributed by atoms with van der Waals surface area (Å²) in [7, 11) is -4.62. The Labute approximate surface area is 197 Å². The van der Waals surface area contributed by atoms with Crippen molar-refractivity contribution in [2.24, 2.45) is 10.2 Å². The molecule has 0 unspecified atom stereocenters. The van der Waals surface area contributed by atoms with E-state index in [1.54, 1.807) is 18.2 Å². The van der Waals surface area contributed by atoms with E-state index in [1.165, 1.54) is 30.6 Å². The standard InChI is InChI=1S/C18H12N4O7S2.Li/c23-18-13(9-15(31(25,26)27)11-4-2-8-20-17(11)18)22-21-12-5-6-14(30-29-28-24)10-3-1-7-19-16(10)12;/h1-9,23-24H,(H,25,26,27);/q;+1/p-1. The summed E-state index contributed by atoms with van der Waals surface area (Å²) < 4.78 is 37.5. The van der Waals surface area contributed by atoms with Crippen LogP contribution in [0.4, 0.5) is 11.4 Å². The molecule has 0 saturated carbocycles. The number of phenols is 1. The van der Waals surface area contributed by atoms with E-state index in [9.17, 15) is 23.3 Å². The maximum atomic E-state index is 11.8. The molecule has 0 atom stereocenters. The largest absolute Gasteiger partial charge is 1.00 e. The minimum Gasteiger partial charge on any atom is -0.691 e. The van der Waals surface area contributed by atoms with Gasteiger partial charge in [-0.05, 0) is 42.5 Å². The molecule has 11 nitrogen and oxygen atoms in total. The molecule has 0 spiro atoms. The second kappa shape index (κ2) is 9.90. The molecule has 2 N–H and O–H groups in total. The monoisotopic (exact) mass is 466 g/mol. The Kier molecular flexibility index (Phi) is 7.44. The number of aromatic nitrogens is 2. The Bertz CT molecular complexity index is 1430. The third-order valence-electron chi connectivity index (χ3n) is 4.21. The molecule has 4 aromatic rings. The third kappa shape index (κ3) is 4.75. The van der Waals surface area contributed by atoms with E-state index in [4.69, 9.17) is 0 Å². The van der Waals surface area contributed by atoms with Crippen molar-refractivity contribution in [2.75, 3.05) is 0 Å². The number of phenolic OH excluding ortho intramolecular Hbond substituents is 1. The van der Waals surface area contributed by atoms with Gasteiger partial charge in [-0.3, -0.25) is 19.6 Å². The van der Waals surface area contributed by atoms with Gasteiger partial charge in [-0.15, -0.1) is 10.2 Å². The van der Waals surface area contributed by atoms with Gasteiger partial charge in [0.25, 0.3) is 10.1 Å². The molecule has 0 fully saturated rings. The molecule has 2 aromatic carbocycles. The van der Waals surface area contributed by atoms with Crippen molar-refractivity contribution in [3.8, 4) is 5.75 Å². The van der Waals surface area contributed by atoms with E-state index < -0.39 is 20.8 Å². The van der Waals surface area contributed by atoms with Gasteiger partial charge in [0, 0.05) is 28.1 Å². The van der Waals surface area contributed by atoms with E-state index in [-0.39, 0.29) is 41.1 Å². The fraction of sp³-hybridized carbons (Fsp3) is 0. The molecule has 0 saturated heterocycles. The van der Waals surface area contributed by atoms with Gasteiger partial charge in [-0.2, -0.15) is 12.8 Å². The Morgan fingerprint density at radius 2 is 1.62 bits per heavy atom. The van der Waals surface area contributed by atoms with Crippen molar-refractivity contribution in [1.29, 1.82) is 0 Å². The molecule has 14 heteroatoms. The predicted molar refractivity (Wildman–Crippen MR) is 107 cm³/mol. The molecule has 0 radical (unpaired) electrons. The van der Waals surface area contributed by atoms with E-state index in [2.05, 4.69) is 29.6 Å². The van der Waals surface area contributed by atoms with Crippen LogP contribution in [0.25, 0.3) is 21.8 Å². The number of hydrogen-bond donors (Lipinski definition) is 2. The van der Waals surface area contributed by atoms with Crippen molar-refractivity contribution >= 4 is 55.3 Å². The van der Waals surface area contributed by atoms with E-state index in [1.807, 2.05) is 0 Å². The summed E-state index contributed by atoms with van der Waals surface area (Å²) in [4.78, 5) is 8.27. The Morgan fingerprint density at radius 3 is 2.31 bits per heavy atom. The average molecular weight is 466 g/mol. The van der Waals surface area contributed by atoms with Gasteiger partial charge in [-0.25, -0.2) is 0 Å². The van der Waals surface area contributed by atoms with E-state index >= 15 is 0 Å². The smallest absolute Gasteiger partial charge is 0.691 e. The summed E-state index contributed by atoms with van der Waals surface area (Å²) in [6.45, 7) is 0. The van der Waals surface area contributed by atoms with Crippen molar-refractivity contribution < 1.29 is 51.6 Å². The molecule has 2 aromatic heterocycles. The van der Waals surface area contributed by atoms with Gasteiger partial charge in [0.15, 0.2) is 5.75 Å². The summed E-state index contributed by atoms with van der Waals surface area (Å²) >= 11 is 0.692. The van der Waals surface area contributed by atoms with Crippen molar-refractivity contribution in [1.82, 2.24) is 9.97 Å². The average Bonchev–Trinajstić information content (AvgIpc) is 2.77. The van der Waals surface area contributed by atoms with Gasteiger partial charge in [0.05, 0.1) is 17.6 Å². The van der Waals surface area contributed by atoms with E-state index in [0.717, 1.165) is 6.07 Å². The van der Waals surface area contributed by atoms with Crippen LogP contribution >= 0.6 is 12.0 Å². The number of fused-ring (bicyclic) bond motifs is 2. The van der Waals surface area contributed by atoms with Crippen LogP contribution in [0.1, 0.15) is 0 Å². The van der Waals surface area contributed by atoms with Gasteiger partial charge < -0.3 is 10.4 Å². The molecule has 0 aliphatic heterocycles. The first-order valence-corrected chi connectivity index (χ1v) is 10.6. The molecule has 0 amide bonds. The zero-order chi connectivity index (χ0) is 22.0. The number of hydrogen-bond acceptors (Lipinski definition) is 11. The first kappa shape index (κ1) is 24.0. The third-order valence-corrected chi connectivity index (χ3v) is 5.76. The van der Waals surface area contributed by atoms with Crippen molar-refractivity contribution in [3.63, 3.8) is 0 Å². The molecule has 4 rings (SSSR count). The quantitative estimate of drug-likeness (QED) is 0.101. The maximum Gasteiger partial charge on any atom is 1.00 e. The molecule has 0 aliphatic carbocycles. The van der Waals surface area contributed by atoms with Crippen LogP contribution in [0.15, 0.2) is 74.9 Å². The molecular weight excluding hydrogens is 455 g/mol. The first-order valence-electron chi connectivity index (χ1n) is 8.41. The number of pyridine rings is 2. The number of rotatable bonds is 6. The van der Waals surface area contributed by atoms with Crippen molar-refractivity contribution in [2.45, 2.75) is 9.79 Å². The predicted octanol–water partition coefficient (Wildman–Crippen LogP) is 0.385. The van der Waals surface area contributed by atoms with Crippen LogP contribution in [0.3, 0.4) is 0 Å². The van der Waals surface area contributed by atoms with Crippen LogP contribution in [0, 0.1) is 0 Å². The maximum absolute atomic E-state index is 11.8. The van der Waals surface area contributed by atoms with Crippen LogP contribution in [-0.4, -0.2) is 28.0 Å². The Balaban J connectivity index is 0.00000289. The molecule has 0 bridgehead atoms. The zero-order valence-electron chi connectivity index (χ0n) is 16.2. The van der Waals surface area contributed by atoms with Crippen LogP contribution in [-0.2, 0) is 19.5 Å². The Hall–Kier alpha value is -2.60. The number of aromatic hydroxyl groups is 1. The van der Waals surface area contributed by atoms with Gasteiger partial charge in [-0.1, -0.05) is 0 Å². The molecule has 2 heterocycles. The molecule has 0 aliphatic rings. The first-order chi connectivity index (χ1) is 14.9. The van der Waals surface area contributed by atoms with Crippen LogP contribution in [0.2, 0.25) is 0 Å². The van der Waals surface area contributed by atoms with Crippen molar-refractivity contribution in [3.05, 3.63) is 54.9 Å². The fourth-order valence-corrected chi connectivity index (χ4v) is 4.10. The second-order valence-electron chi connectivity index (χ2n) is 6.02. The SMILES string of the molecule is O=S(=O)(O)c1cc(N=Nc2ccc(SOO[O-])c3cccnc23)c(O)c2ncccc12.[Li+]. The number of nitrogens with zero attached hydrogens (tertiary/aromatic N) is 4. The van der Waals surface area contributed by atoms with Gasteiger partial charge in [0.1, 0.15) is 21.8 Å². The molecular formula is C18H11LiN4O7S2. The normalized spacial score (nSPS) is 11.8. The second-order valence-corrected chi connectivity index (χ2v) is 8.15. The van der Waals surface area contributed by atoms with Crippen LogP contribution in [0.5, 0.6) is 5.75 Å². The molecule has 32 heavy (non-hydrogen) atoms. The fourth-order valence-electron chi connectivity index (χ4n) is 2.92. The summed E-state index contributed by atoms with van der Waals surface area (Å²) in [6, 6.07) is 10.4. The minimum absolute atomic E-state index is 0. The van der Waals surface area contributed by atoms with E-state index in [0.29, 0.717) is 27.8 Å². The number of benzene rings is 2. The summed E-state index contributed by atoms with van der Waals surface area (Å²) in [6.07, 6.45) is 2.88. The summed E-state index contributed by atoms with van der Waals surface area (Å²) in [5.74, 6) is -0.405. The molecule has 158 valence electrons. The summed E-state index contributed by atoms with van der Waals surface area (Å²) in [5, 5.41) is 32.6. The van der Waals surface area contributed by atoms with Gasteiger partial charge >= 0.3 is 18.9 Å². The minimum atomic E-state index is -4.62. The van der Waals surface area contributed by atoms with Crippen LogP contribution < -0.4 is 24.1 Å².